The number of fused-ring (bicyclic) bond motifs is 2. The van der Waals surface area contributed by atoms with Gasteiger partial charge in [0.2, 0.25) is 41.4 Å². The van der Waals surface area contributed by atoms with E-state index in [-0.39, 0.29) is 83.9 Å². The molecule has 0 unspecified atom stereocenters. The second kappa shape index (κ2) is 31.7. The quantitative estimate of drug-likeness (QED) is 0.0440. The van der Waals surface area contributed by atoms with E-state index in [0.29, 0.717) is 83.0 Å². The summed E-state index contributed by atoms with van der Waals surface area (Å²) in [5.74, 6) is -1.56. The summed E-state index contributed by atoms with van der Waals surface area (Å²) in [4.78, 5) is 101. The van der Waals surface area contributed by atoms with Gasteiger partial charge in [-0.1, -0.05) is 124 Å². The van der Waals surface area contributed by atoms with Gasteiger partial charge in [-0.2, -0.15) is 0 Å². The second-order valence-electron chi connectivity index (χ2n) is 22.5. The van der Waals surface area contributed by atoms with Crippen LogP contribution in [0.1, 0.15) is 139 Å². The van der Waals surface area contributed by atoms with Gasteiger partial charge in [0, 0.05) is 69.7 Å². The number of amides is 7. The highest BCUT2D eigenvalue weighted by molar-refractivity contribution is 5.94. The van der Waals surface area contributed by atoms with Crippen molar-refractivity contribution < 1.29 is 33.6 Å². The van der Waals surface area contributed by atoms with Crippen LogP contribution < -0.4 is 47.9 Å². The summed E-state index contributed by atoms with van der Waals surface area (Å²) in [5, 5.41) is 28.5. The van der Waals surface area contributed by atoms with E-state index in [1.54, 1.807) is 19.0 Å². The number of benzene rings is 3. The van der Waals surface area contributed by atoms with E-state index in [4.69, 9.17) is 0 Å². The molecule has 4 fully saturated rings. The Kier molecular flexibility index (Phi) is 24.3. The lowest BCUT2D eigenvalue weighted by Gasteiger charge is -2.34. The summed E-state index contributed by atoms with van der Waals surface area (Å²) in [5.41, 5.74) is 2.87. The number of likely N-dealkylation sites (N-methyl/N-ethyl adjacent to an activating group) is 2. The monoisotopic (exact) mass is 1100 g/mol. The van der Waals surface area contributed by atoms with Gasteiger partial charge in [0.1, 0.15) is 18.1 Å². The number of hydrogen-bond donors (Lipinski definition) is 9. The fraction of sp³-hybridized carbons (Fsp3) is 0.597. The van der Waals surface area contributed by atoms with Crippen molar-refractivity contribution in [1.82, 2.24) is 57.7 Å². The Morgan fingerprint density at radius 1 is 0.562 bits per heavy atom. The fourth-order valence-corrected chi connectivity index (χ4v) is 12.5. The van der Waals surface area contributed by atoms with Gasteiger partial charge in [-0.3, -0.25) is 38.5 Å². The Labute approximate surface area is 474 Å². The topological polar surface area (TPSA) is 234 Å². The first-order chi connectivity index (χ1) is 38.9. The van der Waals surface area contributed by atoms with E-state index in [9.17, 15) is 33.6 Å². The van der Waals surface area contributed by atoms with Crippen LogP contribution in [0.4, 0.5) is 0 Å². The zero-order valence-electron chi connectivity index (χ0n) is 47.8. The van der Waals surface area contributed by atoms with Gasteiger partial charge in [-0.05, 0) is 114 Å². The van der Waals surface area contributed by atoms with E-state index in [1.807, 2.05) is 92.7 Å². The van der Waals surface area contributed by atoms with Crippen LogP contribution in [-0.4, -0.2) is 140 Å². The number of carbonyl (C=O) groups excluding carboxylic acids is 7. The van der Waals surface area contributed by atoms with E-state index in [1.165, 1.54) is 5.56 Å². The molecule has 7 rings (SSSR count). The molecule has 0 radical (unpaired) electrons. The Morgan fingerprint density at radius 2 is 1.14 bits per heavy atom. The van der Waals surface area contributed by atoms with Crippen molar-refractivity contribution in [1.29, 1.82) is 0 Å². The van der Waals surface area contributed by atoms with Crippen LogP contribution in [0.2, 0.25) is 0 Å². The van der Waals surface area contributed by atoms with Crippen molar-refractivity contribution in [3.8, 4) is 0 Å². The van der Waals surface area contributed by atoms with E-state index >= 15 is 0 Å². The molecule has 4 aliphatic rings. The van der Waals surface area contributed by atoms with Crippen molar-refractivity contribution in [3.05, 3.63) is 108 Å². The van der Waals surface area contributed by atoms with Crippen molar-refractivity contribution >= 4 is 41.4 Å². The third kappa shape index (κ3) is 17.2. The average Bonchev–Trinajstić information content (AvgIpc) is 4.11. The maximum atomic E-state index is 14.5. The van der Waals surface area contributed by atoms with Crippen LogP contribution >= 0.6 is 0 Å². The molecule has 18 nitrogen and oxygen atoms in total. The molecular weight excluding hydrogens is 1010 g/mol. The molecule has 7 amide bonds. The number of rotatable bonds is 29. The zero-order chi connectivity index (χ0) is 56.8. The predicted octanol–water partition coefficient (Wildman–Crippen LogP) is 4.50. The number of nitrogens with one attached hydrogen (secondary N) is 9. The molecule has 3 aromatic rings. The molecule has 0 aromatic heterocycles. The van der Waals surface area contributed by atoms with Crippen LogP contribution in [0, 0.1) is 11.8 Å². The molecule has 436 valence electrons. The van der Waals surface area contributed by atoms with Gasteiger partial charge in [-0.15, -0.1) is 0 Å². The molecule has 3 aromatic carbocycles. The van der Waals surface area contributed by atoms with Gasteiger partial charge < -0.3 is 52.8 Å². The molecule has 11 atom stereocenters. The van der Waals surface area contributed by atoms with E-state index in [0.717, 1.165) is 63.6 Å². The summed E-state index contributed by atoms with van der Waals surface area (Å²) in [6, 6.07) is 25.5. The van der Waals surface area contributed by atoms with Crippen LogP contribution in [0.15, 0.2) is 91.0 Å². The number of nitrogens with zero attached hydrogens (tertiary/aromatic N) is 2. The molecule has 9 N–H and O–H groups in total. The molecule has 80 heavy (non-hydrogen) atoms. The average molecular weight is 1100 g/mol. The molecule has 18 heteroatoms. The molecule has 4 saturated heterocycles. The predicted molar refractivity (Wildman–Crippen MR) is 310 cm³/mol. The van der Waals surface area contributed by atoms with Crippen molar-refractivity contribution in [2.75, 3.05) is 40.3 Å². The fourth-order valence-electron chi connectivity index (χ4n) is 12.5. The highest BCUT2D eigenvalue weighted by Gasteiger charge is 2.48. The molecule has 4 heterocycles. The first kappa shape index (κ1) is 61.4. The maximum Gasteiger partial charge on any atom is 0.247 e. The Bertz CT molecular complexity index is 2450. The number of unbranched alkanes of at least 4 members (excludes halogenated alkanes) is 4. The minimum absolute atomic E-state index is 0.0370. The van der Waals surface area contributed by atoms with Gasteiger partial charge in [0.05, 0.1) is 18.1 Å². The lowest BCUT2D eigenvalue weighted by Crippen LogP contribution is -2.59. The lowest BCUT2D eigenvalue weighted by atomic mass is 9.92. The smallest absolute Gasteiger partial charge is 0.247 e. The van der Waals surface area contributed by atoms with Gasteiger partial charge in [0.15, 0.2) is 0 Å². The normalized spacial score (nSPS) is 23.9. The van der Waals surface area contributed by atoms with Crippen molar-refractivity contribution in [3.63, 3.8) is 0 Å². The summed E-state index contributed by atoms with van der Waals surface area (Å²) in [7, 11) is 3.52. The van der Waals surface area contributed by atoms with Crippen LogP contribution in [0.3, 0.4) is 0 Å². The zero-order valence-corrected chi connectivity index (χ0v) is 47.8. The summed E-state index contributed by atoms with van der Waals surface area (Å²) < 4.78 is 0. The van der Waals surface area contributed by atoms with Gasteiger partial charge in [0.25, 0.3) is 0 Å². The number of carbonyl (C=O) groups is 7. The van der Waals surface area contributed by atoms with Crippen LogP contribution in [-0.2, 0) is 46.7 Å². The van der Waals surface area contributed by atoms with Gasteiger partial charge >= 0.3 is 0 Å². The van der Waals surface area contributed by atoms with E-state index in [2.05, 4.69) is 64.9 Å². The third-order valence-electron chi connectivity index (χ3n) is 17.2. The standard InChI is InChI=1S/C62H91N11O7/c1-5-49(63-3)57(75)69-51-41-72-47(30-28-45(51)39-65-37-42-21-13-10-14-22-42)32-34-52(72)60(78)70-55(44-25-17-12-18-26-44)61(79)66-36-20-9-7-8-19-27-54(74)67-40-46-29-31-48-33-35-53(59(77)68-38-43-23-15-11-16-24-43)73(48)62(80)56(46)71-58(76)50(6-2)64-4/h10-18,21-26,45-53,55-56,63-65H,5-9,19-20,27-41H2,1-4H3,(H,66,79)(H,67,74)(H,68,77)(H,69,75)(H,70,78)(H,71,76)/t45-,46-,47+,48+,49+,50+,51-,52+,53+,55+,56+/m1/s1. The van der Waals surface area contributed by atoms with Crippen molar-refractivity contribution in [2.45, 2.75) is 184 Å². The minimum atomic E-state index is -0.892. The second-order valence-corrected chi connectivity index (χ2v) is 22.5. The Morgan fingerprint density at radius 3 is 1.81 bits per heavy atom. The summed E-state index contributed by atoms with van der Waals surface area (Å²) in [6.45, 7) is 6.91. The Hall–Kier alpha value is -6.21. The minimum Gasteiger partial charge on any atom is -0.356 e. The molecule has 0 spiro atoms. The van der Waals surface area contributed by atoms with Crippen LogP contribution in [0.25, 0.3) is 0 Å². The SMILES string of the molecule is CC[C@H](NC)C(=O)N[C@@H]1C(=O)N2[C@@H](CC[C@@H]1CNC(=O)CCCCCCCNC(=O)[C@@H](NC(=O)[C@@H]1CC[C@@H]3CC[C@H](CNCc4ccccc4)[C@H](NC(=O)[C@H](CC)NC)CN31)c1ccccc1)CC[C@H]2C(=O)NCc1ccccc1. The molecule has 0 saturated carbocycles. The molecule has 4 aliphatic heterocycles. The van der Waals surface area contributed by atoms with E-state index < -0.39 is 30.2 Å². The largest absolute Gasteiger partial charge is 0.356 e. The lowest BCUT2D eigenvalue weighted by molar-refractivity contribution is -0.143. The molecular formula is C62H91N11O7. The van der Waals surface area contributed by atoms with Crippen LogP contribution in [0.5, 0.6) is 0 Å². The summed E-state index contributed by atoms with van der Waals surface area (Å²) >= 11 is 0. The molecule has 0 bridgehead atoms. The first-order valence-electron chi connectivity index (χ1n) is 29.9. The number of hydrogen-bond acceptors (Lipinski definition) is 11. The molecule has 0 aliphatic carbocycles. The maximum absolute atomic E-state index is 14.5. The summed E-state index contributed by atoms with van der Waals surface area (Å²) in [6.07, 6.45) is 11.3. The Balaban J connectivity index is 0.861. The van der Waals surface area contributed by atoms with Crippen molar-refractivity contribution in [2.24, 2.45) is 11.8 Å². The third-order valence-corrected chi connectivity index (χ3v) is 17.2. The van der Waals surface area contributed by atoms with Gasteiger partial charge in [-0.25, -0.2) is 0 Å². The first-order valence-corrected chi connectivity index (χ1v) is 29.9. The highest BCUT2D eigenvalue weighted by atomic mass is 16.2. The highest BCUT2D eigenvalue weighted by Crippen LogP contribution is 2.36.